The second-order valence-electron chi connectivity index (χ2n) is 7.25. The molecule has 1 unspecified atom stereocenters. The predicted octanol–water partition coefficient (Wildman–Crippen LogP) is 6.02. The molecule has 0 amide bonds. The standard InChI is InChI=1S/C24H29N/c1-18-6-3-9-21(16-18)24(22-10-4-7-19(2)17-22)11-5-8-20-12-14-23(25)15-13-20/h5-6,8,10-14,16-17,23H,3-4,7,9,15,25H2,1-2H3. The van der Waals surface area contributed by atoms with Gasteiger partial charge >= 0.3 is 0 Å². The molecule has 0 saturated heterocycles. The lowest BCUT2D eigenvalue weighted by atomic mass is 9.86. The van der Waals surface area contributed by atoms with Gasteiger partial charge in [0.1, 0.15) is 0 Å². The van der Waals surface area contributed by atoms with Crippen LogP contribution in [-0.2, 0) is 0 Å². The van der Waals surface area contributed by atoms with Gasteiger partial charge in [-0.25, -0.2) is 0 Å². The molecule has 3 aliphatic rings. The third kappa shape index (κ3) is 4.93. The first-order valence-electron chi connectivity index (χ1n) is 9.39. The highest BCUT2D eigenvalue weighted by Gasteiger charge is 2.13. The Balaban J connectivity index is 1.87. The Morgan fingerprint density at radius 1 is 1.08 bits per heavy atom. The quantitative estimate of drug-likeness (QED) is 0.627. The first-order chi connectivity index (χ1) is 12.1. The molecular weight excluding hydrogens is 302 g/mol. The van der Waals surface area contributed by atoms with E-state index in [2.05, 4.69) is 74.6 Å². The van der Waals surface area contributed by atoms with E-state index in [0.29, 0.717) is 0 Å². The normalized spacial score (nSPS) is 24.5. The van der Waals surface area contributed by atoms with Crippen LogP contribution in [0.5, 0.6) is 0 Å². The van der Waals surface area contributed by atoms with Gasteiger partial charge in [-0.2, -0.15) is 0 Å². The van der Waals surface area contributed by atoms with E-state index in [0.717, 1.165) is 25.7 Å². The van der Waals surface area contributed by atoms with Crippen LogP contribution in [0.1, 0.15) is 46.0 Å². The van der Waals surface area contributed by atoms with Crippen LogP contribution in [0.3, 0.4) is 0 Å². The van der Waals surface area contributed by atoms with Gasteiger partial charge < -0.3 is 5.73 Å². The number of rotatable bonds is 4. The van der Waals surface area contributed by atoms with E-state index < -0.39 is 0 Å². The fraction of sp³-hybridized carbons (Fsp3) is 0.333. The molecule has 25 heavy (non-hydrogen) atoms. The zero-order chi connectivity index (χ0) is 17.6. The first-order valence-corrected chi connectivity index (χ1v) is 9.39. The van der Waals surface area contributed by atoms with Gasteiger partial charge in [0.2, 0.25) is 0 Å². The van der Waals surface area contributed by atoms with Crippen LogP contribution in [0.2, 0.25) is 0 Å². The summed E-state index contributed by atoms with van der Waals surface area (Å²) in [7, 11) is 0. The van der Waals surface area contributed by atoms with Gasteiger partial charge in [0.15, 0.2) is 0 Å². The fourth-order valence-electron chi connectivity index (χ4n) is 3.53. The first kappa shape index (κ1) is 17.7. The van der Waals surface area contributed by atoms with E-state index in [1.165, 1.54) is 39.9 Å². The van der Waals surface area contributed by atoms with Crippen molar-refractivity contribution in [3.05, 3.63) is 94.2 Å². The molecule has 3 aliphatic carbocycles. The Morgan fingerprint density at radius 2 is 1.92 bits per heavy atom. The lowest BCUT2D eigenvalue weighted by Crippen LogP contribution is -2.17. The summed E-state index contributed by atoms with van der Waals surface area (Å²) in [5.41, 5.74) is 14.2. The van der Waals surface area contributed by atoms with E-state index in [1.54, 1.807) is 0 Å². The second kappa shape index (κ2) is 8.31. The molecule has 0 aromatic heterocycles. The molecule has 3 rings (SSSR count). The second-order valence-corrected chi connectivity index (χ2v) is 7.25. The van der Waals surface area contributed by atoms with Crippen molar-refractivity contribution >= 4 is 0 Å². The molecule has 0 aromatic carbocycles. The van der Waals surface area contributed by atoms with Crippen LogP contribution in [0.15, 0.2) is 94.2 Å². The topological polar surface area (TPSA) is 26.0 Å². The molecule has 0 radical (unpaired) electrons. The van der Waals surface area contributed by atoms with Crippen molar-refractivity contribution in [3.8, 4) is 0 Å². The minimum atomic E-state index is 0.172. The zero-order valence-electron chi connectivity index (χ0n) is 15.5. The van der Waals surface area contributed by atoms with Crippen LogP contribution >= 0.6 is 0 Å². The van der Waals surface area contributed by atoms with Crippen molar-refractivity contribution in [3.63, 3.8) is 0 Å². The number of nitrogens with two attached hydrogens (primary N) is 1. The average molecular weight is 332 g/mol. The van der Waals surface area contributed by atoms with Crippen LogP contribution < -0.4 is 5.73 Å². The molecule has 0 fully saturated rings. The molecule has 2 N–H and O–H groups in total. The summed E-state index contributed by atoms with van der Waals surface area (Å²) in [5.74, 6) is 0. The maximum absolute atomic E-state index is 5.90. The van der Waals surface area contributed by atoms with Crippen molar-refractivity contribution in [2.45, 2.75) is 52.0 Å². The van der Waals surface area contributed by atoms with Crippen molar-refractivity contribution in [1.29, 1.82) is 0 Å². The highest BCUT2D eigenvalue weighted by atomic mass is 14.6. The molecule has 1 atom stereocenters. The van der Waals surface area contributed by atoms with E-state index >= 15 is 0 Å². The fourth-order valence-corrected chi connectivity index (χ4v) is 3.53. The lowest BCUT2D eigenvalue weighted by molar-refractivity contribution is 0.821. The summed E-state index contributed by atoms with van der Waals surface area (Å²) in [6.45, 7) is 4.44. The smallest absolute Gasteiger partial charge is 0.0262 e. The Bertz CT molecular complexity index is 760. The predicted molar refractivity (Wildman–Crippen MR) is 109 cm³/mol. The summed E-state index contributed by atoms with van der Waals surface area (Å²) >= 11 is 0. The van der Waals surface area contributed by atoms with E-state index in [4.69, 9.17) is 5.73 Å². The van der Waals surface area contributed by atoms with Crippen LogP contribution in [0.4, 0.5) is 0 Å². The van der Waals surface area contributed by atoms with Gasteiger partial charge in [0.25, 0.3) is 0 Å². The van der Waals surface area contributed by atoms with Crippen LogP contribution in [-0.4, -0.2) is 6.04 Å². The Hall–Kier alpha value is -2.12. The summed E-state index contributed by atoms with van der Waals surface area (Å²) in [6, 6.07) is 0.172. The van der Waals surface area contributed by atoms with Crippen LogP contribution in [0.25, 0.3) is 0 Å². The summed E-state index contributed by atoms with van der Waals surface area (Å²) in [6.07, 6.45) is 28.0. The molecule has 0 spiro atoms. The summed E-state index contributed by atoms with van der Waals surface area (Å²) in [4.78, 5) is 0. The molecule has 0 aliphatic heterocycles. The molecule has 0 bridgehead atoms. The van der Waals surface area contributed by atoms with Gasteiger partial charge in [-0.05, 0) is 68.2 Å². The zero-order valence-corrected chi connectivity index (χ0v) is 15.5. The molecule has 130 valence electrons. The number of allylic oxidation sites excluding steroid dienone is 14. The summed E-state index contributed by atoms with van der Waals surface area (Å²) in [5, 5.41) is 0. The Kier molecular flexibility index (Phi) is 5.88. The third-order valence-corrected chi connectivity index (χ3v) is 4.96. The Labute approximate surface area is 152 Å². The monoisotopic (exact) mass is 331 g/mol. The highest BCUT2D eigenvalue weighted by Crippen LogP contribution is 2.32. The lowest BCUT2D eigenvalue weighted by Gasteiger charge is -2.19. The third-order valence-electron chi connectivity index (χ3n) is 4.96. The molecule has 1 nitrogen and oxygen atoms in total. The molecular formula is C24H29N. The molecule has 0 heterocycles. The van der Waals surface area contributed by atoms with Gasteiger partial charge in [-0.15, -0.1) is 0 Å². The minimum Gasteiger partial charge on any atom is -0.324 e. The van der Waals surface area contributed by atoms with Gasteiger partial charge in [0.05, 0.1) is 0 Å². The van der Waals surface area contributed by atoms with Crippen LogP contribution in [0, 0.1) is 0 Å². The highest BCUT2D eigenvalue weighted by molar-refractivity contribution is 5.57. The minimum absolute atomic E-state index is 0.172. The SMILES string of the molecule is CC1=CCCC(C(=CC=CC2=CCC(N)C=C2)C2=CCCC(C)=C2)=C1. The number of hydrogen-bond acceptors (Lipinski definition) is 1. The molecule has 1 heteroatoms. The Morgan fingerprint density at radius 3 is 2.64 bits per heavy atom. The van der Waals surface area contributed by atoms with Gasteiger partial charge in [0, 0.05) is 6.04 Å². The maximum Gasteiger partial charge on any atom is 0.0262 e. The van der Waals surface area contributed by atoms with Crippen molar-refractivity contribution in [1.82, 2.24) is 0 Å². The van der Waals surface area contributed by atoms with Crippen molar-refractivity contribution in [2.75, 3.05) is 0 Å². The van der Waals surface area contributed by atoms with Gasteiger partial charge in [-0.3, -0.25) is 0 Å². The van der Waals surface area contributed by atoms with E-state index in [9.17, 15) is 0 Å². The van der Waals surface area contributed by atoms with Gasteiger partial charge in [-0.1, -0.05) is 71.9 Å². The van der Waals surface area contributed by atoms with Crippen molar-refractivity contribution in [2.24, 2.45) is 5.73 Å². The molecule has 0 aromatic rings. The largest absolute Gasteiger partial charge is 0.324 e. The number of hydrogen-bond donors (Lipinski definition) is 1. The average Bonchev–Trinajstić information content (AvgIpc) is 2.60. The maximum atomic E-state index is 5.90. The van der Waals surface area contributed by atoms with Crippen molar-refractivity contribution < 1.29 is 0 Å². The summed E-state index contributed by atoms with van der Waals surface area (Å²) < 4.78 is 0. The van der Waals surface area contributed by atoms with E-state index in [1.807, 2.05) is 0 Å². The van der Waals surface area contributed by atoms with E-state index in [-0.39, 0.29) is 6.04 Å². The molecule has 0 saturated carbocycles.